The highest BCUT2D eigenvalue weighted by Crippen LogP contribution is 2.15. The van der Waals surface area contributed by atoms with Gasteiger partial charge in [0.25, 0.3) is 11.8 Å². The molecule has 0 aliphatic carbocycles. The normalized spacial score (nSPS) is 9.38. The van der Waals surface area contributed by atoms with Crippen LogP contribution in [-0.2, 0) is 0 Å². The number of rotatable bonds is 2. The molecule has 0 fully saturated rings. The van der Waals surface area contributed by atoms with Gasteiger partial charge in [0, 0.05) is 7.05 Å². The van der Waals surface area contributed by atoms with Crippen molar-refractivity contribution in [3.05, 3.63) is 21.9 Å². The molecule has 1 heterocycles. The number of thiophene rings is 1. The van der Waals surface area contributed by atoms with Gasteiger partial charge in [0.05, 0.1) is 5.56 Å². The molecule has 13 heavy (non-hydrogen) atoms. The van der Waals surface area contributed by atoms with E-state index in [4.69, 9.17) is 5.84 Å². The lowest BCUT2D eigenvalue weighted by Crippen LogP contribution is -2.31. The standard InChI is InChI=1S/C7H9N3O2S/c1-9-7(12)5-4(2-3-13-5)6(11)10-8/h2-3H,8H2,1H3,(H,9,12)(H,10,11). The fourth-order valence-corrected chi connectivity index (χ4v) is 1.69. The average Bonchev–Trinajstić information content (AvgIpc) is 2.63. The SMILES string of the molecule is CNC(=O)c1sccc1C(=O)NN. The number of amides is 2. The van der Waals surface area contributed by atoms with Crippen LogP contribution in [0.5, 0.6) is 0 Å². The molecule has 0 unspecified atom stereocenters. The second kappa shape index (κ2) is 4.01. The van der Waals surface area contributed by atoms with Crippen LogP contribution in [-0.4, -0.2) is 18.9 Å². The van der Waals surface area contributed by atoms with E-state index in [0.717, 1.165) is 0 Å². The topological polar surface area (TPSA) is 84.2 Å². The van der Waals surface area contributed by atoms with E-state index in [0.29, 0.717) is 10.4 Å². The van der Waals surface area contributed by atoms with E-state index in [1.807, 2.05) is 5.43 Å². The smallest absolute Gasteiger partial charge is 0.266 e. The van der Waals surface area contributed by atoms with E-state index in [1.165, 1.54) is 18.4 Å². The van der Waals surface area contributed by atoms with Crippen LogP contribution >= 0.6 is 11.3 Å². The minimum atomic E-state index is -0.458. The first-order valence-electron chi connectivity index (χ1n) is 3.51. The first-order valence-corrected chi connectivity index (χ1v) is 4.39. The third-order valence-electron chi connectivity index (χ3n) is 1.47. The van der Waals surface area contributed by atoms with Gasteiger partial charge in [-0.25, -0.2) is 5.84 Å². The fourth-order valence-electron chi connectivity index (χ4n) is 0.855. The Morgan fingerprint density at radius 1 is 1.46 bits per heavy atom. The van der Waals surface area contributed by atoms with Crippen molar-refractivity contribution in [2.75, 3.05) is 7.05 Å². The van der Waals surface area contributed by atoms with Gasteiger partial charge in [-0.15, -0.1) is 11.3 Å². The number of nitrogens with two attached hydrogens (primary N) is 1. The number of hydrazine groups is 1. The summed E-state index contributed by atoms with van der Waals surface area (Å²) in [6, 6.07) is 1.55. The van der Waals surface area contributed by atoms with Crippen molar-refractivity contribution in [3.63, 3.8) is 0 Å². The van der Waals surface area contributed by atoms with Gasteiger partial charge in [-0.05, 0) is 11.4 Å². The number of nitrogens with one attached hydrogen (secondary N) is 2. The summed E-state index contributed by atoms with van der Waals surface area (Å²) >= 11 is 1.20. The molecular weight excluding hydrogens is 190 g/mol. The Bertz CT molecular complexity index is 304. The number of hydrogen-bond acceptors (Lipinski definition) is 4. The van der Waals surface area contributed by atoms with Gasteiger partial charge in [0.2, 0.25) is 0 Å². The van der Waals surface area contributed by atoms with Crippen LogP contribution in [0.25, 0.3) is 0 Å². The molecular formula is C7H9N3O2S. The van der Waals surface area contributed by atoms with Crippen molar-refractivity contribution in [1.82, 2.24) is 10.7 Å². The molecule has 0 saturated carbocycles. The molecule has 6 heteroatoms. The lowest BCUT2D eigenvalue weighted by molar-refractivity contribution is 0.0927. The summed E-state index contributed by atoms with van der Waals surface area (Å²) in [7, 11) is 1.51. The minimum absolute atomic E-state index is 0.284. The first kappa shape index (κ1) is 9.69. The fraction of sp³-hybridized carbons (Fsp3) is 0.143. The van der Waals surface area contributed by atoms with Gasteiger partial charge in [-0.2, -0.15) is 0 Å². The van der Waals surface area contributed by atoms with E-state index in [2.05, 4.69) is 5.32 Å². The van der Waals surface area contributed by atoms with Gasteiger partial charge in [0.15, 0.2) is 0 Å². The molecule has 0 aliphatic rings. The molecule has 5 nitrogen and oxygen atoms in total. The number of carbonyl (C=O) groups is 2. The first-order chi connectivity index (χ1) is 6.20. The van der Waals surface area contributed by atoms with Crippen LogP contribution in [0, 0.1) is 0 Å². The van der Waals surface area contributed by atoms with Gasteiger partial charge >= 0.3 is 0 Å². The summed E-state index contributed by atoms with van der Waals surface area (Å²) < 4.78 is 0. The Hall–Kier alpha value is -1.40. The molecule has 4 N–H and O–H groups in total. The zero-order chi connectivity index (χ0) is 9.84. The van der Waals surface area contributed by atoms with Crippen LogP contribution in [0.2, 0.25) is 0 Å². The van der Waals surface area contributed by atoms with Crippen LogP contribution in [0.15, 0.2) is 11.4 Å². The Kier molecular flexibility index (Phi) is 2.99. The Labute approximate surface area is 78.9 Å². The Morgan fingerprint density at radius 2 is 2.15 bits per heavy atom. The summed E-state index contributed by atoms with van der Waals surface area (Å²) in [4.78, 5) is 22.7. The molecule has 0 radical (unpaired) electrons. The summed E-state index contributed by atoms with van der Waals surface area (Å²) in [5.41, 5.74) is 2.27. The molecule has 0 bridgehead atoms. The van der Waals surface area contributed by atoms with Crippen molar-refractivity contribution < 1.29 is 9.59 Å². The zero-order valence-corrected chi connectivity index (χ0v) is 7.77. The molecule has 1 aromatic rings. The summed E-state index contributed by atoms with van der Waals surface area (Å²) in [6.07, 6.45) is 0. The van der Waals surface area contributed by atoms with Crippen molar-refractivity contribution in [2.24, 2.45) is 5.84 Å². The summed E-state index contributed by atoms with van der Waals surface area (Å²) in [5.74, 6) is 4.20. The Morgan fingerprint density at radius 3 is 2.69 bits per heavy atom. The molecule has 1 rings (SSSR count). The van der Waals surface area contributed by atoms with Crippen molar-refractivity contribution >= 4 is 23.2 Å². The number of nitrogen functional groups attached to an aromatic ring is 1. The van der Waals surface area contributed by atoms with Gasteiger partial charge in [0.1, 0.15) is 4.88 Å². The van der Waals surface area contributed by atoms with Crippen LogP contribution in [0.1, 0.15) is 20.0 Å². The van der Waals surface area contributed by atoms with E-state index >= 15 is 0 Å². The zero-order valence-electron chi connectivity index (χ0n) is 6.96. The predicted octanol–water partition coefficient (Wildman–Crippen LogP) is -0.289. The second-order valence-corrected chi connectivity index (χ2v) is 3.13. The molecule has 0 saturated heterocycles. The highest BCUT2D eigenvalue weighted by atomic mass is 32.1. The molecule has 1 aromatic heterocycles. The molecule has 0 spiro atoms. The van der Waals surface area contributed by atoms with Crippen molar-refractivity contribution in [3.8, 4) is 0 Å². The lowest BCUT2D eigenvalue weighted by Gasteiger charge is -2.00. The third kappa shape index (κ3) is 1.85. The molecule has 0 atom stereocenters. The maximum absolute atomic E-state index is 11.2. The Balaban J connectivity index is 3.02. The largest absolute Gasteiger partial charge is 0.354 e. The van der Waals surface area contributed by atoms with E-state index in [9.17, 15) is 9.59 Å². The molecule has 70 valence electrons. The second-order valence-electron chi connectivity index (χ2n) is 2.22. The quantitative estimate of drug-likeness (QED) is 0.347. The van der Waals surface area contributed by atoms with Crippen LogP contribution < -0.4 is 16.6 Å². The maximum atomic E-state index is 11.2. The molecule has 0 aromatic carbocycles. The average molecular weight is 199 g/mol. The summed E-state index contributed by atoms with van der Waals surface area (Å²) in [5, 5.41) is 4.10. The van der Waals surface area contributed by atoms with E-state index < -0.39 is 5.91 Å². The summed E-state index contributed by atoms with van der Waals surface area (Å²) in [6.45, 7) is 0. The number of hydrogen-bond donors (Lipinski definition) is 3. The lowest BCUT2D eigenvalue weighted by atomic mass is 10.2. The maximum Gasteiger partial charge on any atom is 0.266 e. The van der Waals surface area contributed by atoms with Crippen LogP contribution in [0.3, 0.4) is 0 Å². The molecule has 0 aliphatic heterocycles. The highest BCUT2D eigenvalue weighted by Gasteiger charge is 2.16. The van der Waals surface area contributed by atoms with Crippen molar-refractivity contribution in [2.45, 2.75) is 0 Å². The van der Waals surface area contributed by atoms with E-state index in [1.54, 1.807) is 11.4 Å². The van der Waals surface area contributed by atoms with Gasteiger partial charge < -0.3 is 5.32 Å². The predicted molar refractivity (Wildman–Crippen MR) is 49.4 cm³/mol. The molecule has 2 amide bonds. The highest BCUT2D eigenvalue weighted by molar-refractivity contribution is 7.12. The van der Waals surface area contributed by atoms with Crippen LogP contribution in [0.4, 0.5) is 0 Å². The monoisotopic (exact) mass is 199 g/mol. The minimum Gasteiger partial charge on any atom is -0.354 e. The number of carbonyl (C=O) groups excluding carboxylic acids is 2. The third-order valence-corrected chi connectivity index (χ3v) is 2.39. The van der Waals surface area contributed by atoms with Gasteiger partial charge in [-0.1, -0.05) is 0 Å². The van der Waals surface area contributed by atoms with Crippen molar-refractivity contribution in [1.29, 1.82) is 0 Å². The van der Waals surface area contributed by atoms with E-state index in [-0.39, 0.29) is 5.91 Å². The van der Waals surface area contributed by atoms with Gasteiger partial charge in [-0.3, -0.25) is 15.0 Å².